The van der Waals surface area contributed by atoms with E-state index in [9.17, 15) is 0 Å². The van der Waals surface area contributed by atoms with E-state index in [1.54, 1.807) is 0 Å². The molecule has 1 aromatic carbocycles. The smallest absolute Gasteiger partial charge is 0.164 e. The number of hydrogen-bond acceptors (Lipinski definition) is 3. The summed E-state index contributed by atoms with van der Waals surface area (Å²) in [7, 11) is 0. The van der Waals surface area contributed by atoms with Gasteiger partial charge in [-0.1, -0.05) is 28.1 Å². The molecule has 4 nitrogen and oxygen atoms in total. The number of aromatic nitrogens is 3. The van der Waals surface area contributed by atoms with Gasteiger partial charge in [-0.05, 0) is 31.0 Å². The largest absolute Gasteiger partial charge is 0.372 e. The Morgan fingerprint density at radius 3 is 2.79 bits per heavy atom. The SMILES string of the molecule is CC(C)n1c(CBr)nnc1-c1ccc2c(c1)COC2. The van der Waals surface area contributed by atoms with E-state index in [4.69, 9.17) is 4.74 Å². The van der Waals surface area contributed by atoms with Gasteiger partial charge in [0.2, 0.25) is 0 Å². The lowest BCUT2D eigenvalue weighted by molar-refractivity contribution is 0.134. The molecule has 0 unspecified atom stereocenters. The average Bonchev–Trinajstić information content (AvgIpc) is 3.03. The van der Waals surface area contributed by atoms with E-state index in [1.165, 1.54) is 11.1 Å². The summed E-state index contributed by atoms with van der Waals surface area (Å²) < 4.78 is 7.63. The molecule has 2 aromatic rings. The fourth-order valence-corrected chi connectivity index (χ4v) is 2.85. The number of ether oxygens (including phenoxy) is 1. The number of fused-ring (bicyclic) bond motifs is 1. The van der Waals surface area contributed by atoms with E-state index in [0.29, 0.717) is 18.0 Å². The van der Waals surface area contributed by atoms with E-state index in [-0.39, 0.29) is 0 Å². The maximum absolute atomic E-state index is 5.46. The minimum atomic E-state index is 0.335. The van der Waals surface area contributed by atoms with Crippen molar-refractivity contribution in [1.82, 2.24) is 14.8 Å². The highest BCUT2D eigenvalue weighted by atomic mass is 79.9. The van der Waals surface area contributed by atoms with Gasteiger partial charge in [-0.25, -0.2) is 0 Å². The lowest BCUT2D eigenvalue weighted by atomic mass is 10.1. The molecule has 0 atom stereocenters. The van der Waals surface area contributed by atoms with Crippen LogP contribution in [-0.2, 0) is 23.3 Å². The molecule has 0 bridgehead atoms. The topological polar surface area (TPSA) is 39.9 Å². The third-order valence-corrected chi connectivity index (χ3v) is 3.88. The summed E-state index contributed by atoms with van der Waals surface area (Å²) in [6.45, 7) is 5.72. The van der Waals surface area contributed by atoms with Crippen LogP contribution in [0.2, 0.25) is 0 Å². The molecular weight excluding hydrogens is 306 g/mol. The lowest BCUT2D eigenvalue weighted by Gasteiger charge is -2.13. The second kappa shape index (κ2) is 5.06. The Labute approximate surface area is 120 Å². The zero-order valence-electron chi connectivity index (χ0n) is 11.1. The summed E-state index contributed by atoms with van der Waals surface area (Å²) in [6, 6.07) is 6.74. The van der Waals surface area contributed by atoms with E-state index >= 15 is 0 Å². The van der Waals surface area contributed by atoms with E-state index < -0.39 is 0 Å². The molecule has 0 spiro atoms. The standard InChI is InChI=1S/C14H16BrN3O/c1-9(2)18-13(6-15)16-17-14(18)10-3-4-11-7-19-8-12(11)5-10/h3-5,9H,6-8H2,1-2H3. The van der Waals surface area contributed by atoms with Crippen LogP contribution in [0.5, 0.6) is 0 Å². The van der Waals surface area contributed by atoms with E-state index in [1.807, 2.05) is 0 Å². The average molecular weight is 322 g/mol. The van der Waals surface area contributed by atoms with Gasteiger partial charge in [0, 0.05) is 11.6 Å². The molecule has 1 aromatic heterocycles. The van der Waals surface area contributed by atoms with E-state index in [2.05, 4.69) is 62.7 Å². The highest BCUT2D eigenvalue weighted by molar-refractivity contribution is 9.08. The zero-order chi connectivity index (χ0) is 13.4. The first-order valence-corrected chi connectivity index (χ1v) is 7.52. The van der Waals surface area contributed by atoms with Crippen molar-refractivity contribution in [3.63, 3.8) is 0 Å². The highest BCUT2D eigenvalue weighted by Gasteiger charge is 2.18. The third-order valence-electron chi connectivity index (χ3n) is 3.38. The Hall–Kier alpha value is -1.20. The molecule has 0 amide bonds. The Morgan fingerprint density at radius 1 is 1.26 bits per heavy atom. The molecule has 0 saturated heterocycles. The monoisotopic (exact) mass is 321 g/mol. The Morgan fingerprint density at radius 2 is 2.05 bits per heavy atom. The van der Waals surface area contributed by atoms with Crippen molar-refractivity contribution in [3.05, 3.63) is 35.2 Å². The van der Waals surface area contributed by atoms with Crippen molar-refractivity contribution in [2.75, 3.05) is 0 Å². The third kappa shape index (κ3) is 2.21. The van der Waals surface area contributed by atoms with Gasteiger partial charge in [-0.15, -0.1) is 10.2 Å². The summed E-state index contributed by atoms with van der Waals surface area (Å²) >= 11 is 3.47. The van der Waals surface area contributed by atoms with Crippen molar-refractivity contribution in [1.29, 1.82) is 0 Å². The number of benzene rings is 1. The van der Waals surface area contributed by atoms with E-state index in [0.717, 1.165) is 23.8 Å². The van der Waals surface area contributed by atoms with Crippen molar-refractivity contribution >= 4 is 15.9 Å². The Balaban J connectivity index is 2.09. The van der Waals surface area contributed by atoms with Crippen molar-refractivity contribution in [2.45, 2.75) is 38.4 Å². The number of halogens is 1. The normalized spacial score (nSPS) is 14.1. The van der Waals surface area contributed by atoms with Gasteiger partial charge in [0.05, 0.1) is 18.5 Å². The lowest BCUT2D eigenvalue weighted by Crippen LogP contribution is -2.07. The Kier molecular flexibility index (Phi) is 3.41. The zero-order valence-corrected chi connectivity index (χ0v) is 12.6. The molecule has 5 heteroatoms. The molecule has 0 radical (unpaired) electrons. The highest BCUT2D eigenvalue weighted by Crippen LogP contribution is 2.28. The van der Waals surface area contributed by atoms with Crippen LogP contribution in [0.1, 0.15) is 36.8 Å². The predicted molar refractivity (Wildman–Crippen MR) is 77.0 cm³/mol. The molecule has 1 aliphatic heterocycles. The first-order chi connectivity index (χ1) is 9.20. The summed E-state index contributed by atoms with van der Waals surface area (Å²) in [6.07, 6.45) is 0. The summed E-state index contributed by atoms with van der Waals surface area (Å²) in [4.78, 5) is 0. The van der Waals surface area contributed by atoms with Crippen LogP contribution < -0.4 is 0 Å². The maximum atomic E-state index is 5.46. The van der Waals surface area contributed by atoms with Crippen LogP contribution in [0.25, 0.3) is 11.4 Å². The molecule has 0 fully saturated rings. The predicted octanol–water partition coefficient (Wildman–Crippen LogP) is 3.45. The van der Waals surface area contributed by atoms with Gasteiger partial charge in [-0.3, -0.25) is 0 Å². The van der Waals surface area contributed by atoms with Crippen LogP contribution in [0.3, 0.4) is 0 Å². The molecule has 2 heterocycles. The minimum Gasteiger partial charge on any atom is -0.372 e. The van der Waals surface area contributed by atoms with Crippen LogP contribution in [0, 0.1) is 0 Å². The number of nitrogens with zero attached hydrogens (tertiary/aromatic N) is 3. The molecule has 0 saturated carbocycles. The maximum Gasteiger partial charge on any atom is 0.164 e. The van der Waals surface area contributed by atoms with Crippen molar-refractivity contribution < 1.29 is 4.74 Å². The van der Waals surface area contributed by atoms with Gasteiger partial charge in [-0.2, -0.15) is 0 Å². The Bertz CT molecular complexity index is 607. The first-order valence-electron chi connectivity index (χ1n) is 6.40. The molecule has 19 heavy (non-hydrogen) atoms. The van der Waals surface area contributed by atoms with Gasteiger partial charge in [0.15, 0.2) is 5.82 Å². The molecule has 100 valence electrons. The summed E-state index contributed by atoms with van der Waals surface area (Å²) in [5, 5.41) is 9.32. The second-order valence-electron chi connectivity index (χ2n) is 5.01. The van der Waals surface area contributed by atoms with Gasteiger partial charge in [0.1, 0.15) is 5.82 Å². The van der Waals surface area contributed by atoms with Gasteiger partial charge < -0.3 is 9.30 Å². The number of hydrogen-bond donors (Lipinski definition) is 0. The quantitative estimate of drug-likeness (QED) is 0.813. The fraction of sp³-hybridized carbons (Fsp3) is 0.429. The van der Waals surface area contributed by atoms with Crippen LogP contribution in [0.15, 0.2) is 18.2 Å². The van der Waals surface area contributed by atoms with Crippen LogP contribution in [-0.4, -0.2) is 14.8 Å². The minimum absolute atomic E-state index is 0.335. The molecule has 1 aliphatic rings. The van der Waals surface area contributed by atoms with Gasteiger partial charge in [0.25, 0.3) is 0 Å². The number of rotatable bonds is 3. The van der Waals surface area contributed by atoms with Crippen LogP contribution >= 0.6 is 15.9 Å². The fourth-order valence-electron chi connectivity index (χ4n) is 2.47. The van der Waals surface area contributed by atoms with Gasteiger partial charge >= 0.3 is 0 Å². The second-order valence-corrected chi connectivity index (χ2v) is 5.57. The van der Waals surface area contributed by atoms with Crippen molar-refractivity contribution in [2.24, 2.45) is 0 Å². The summed E-state index contributed by atoms with van der Waals surface area (Å²) in [5.74, 6) is 1.89. The van der Waals surface area contributed by atoms with Crippen molar-refractivity contribution in [3.8, 4) is 11.4 Å². The first kappa shape index (κ1) is 12.8. The number of alkyl halides is 1. The molecule has 0 aliphatic carbocycles. The summed E-state index contributed by atoms with van der Waals surface area (Å²) in [5.41, 5.74) is 3.65. The molecular formula is C14H16BrN3O. The van der Waals surface area contributed by atoms with Crippen LogP contribution in [0.4, 0.5) is 0 Å². The molecule has 3 rings (SSSR count). The molecule has 0 N–H and O–H groups in total.